The molecule has 2 heterocycles. The molecule has 174 valence electrons. The number of aromatic nitrogens is 3. The lowest BCUT2D eigenvalue weighted by Gasteiger charge is -2.32. The molecule has 32 heavy (non-hydrogen) atoms. The van der Waals surface area contributed by atoms with Crippen LogP contribution >= 0.6 is 11.6 Å². The van der Waals surface area contributed by atoms with E-state index in [2.05, 4.69) is 45.0 Å². The van der Waals surface area contributed by atoms with Crippen LogP contribution in [0.2, 0.25) is 5.02 Å². The zero-order valence-electron chi connectivity index (χ0n) is 19.3. The van der Waals surface area contributed by atoms with Crippen molar-refractivity contribution in [2.24, 2.45) is 5.41 Å². The van der Waals surface area contributed by atoms with E-state index in [0.29, 0.717) is 28.6 Å². The van der Waals surface area contributed by atoms with E-state index in [-0.39, 0.29) is 0 Å². The summed E-state index contributed by atoms with van der Waals surface area (Å²) in [5.74, 6) is 1.64. The van der Waals surface area contributed by atoms with Gasteiger partial charge in [0.05, 0.1) is 17.8 Å². The molecule has 1 unspecified atom stereocenters. The largest absolute Gasteiger partial charge is 0.383 e. The maximum atomic E-state index is 6.50. The molecule has 2 saturated carbocycles. The number of hydrogen-bond acceptors (Lipinski definition) is 7. The molecule has 4 rings (SSSR count). The van der Waals surface area contributed by atoms with Gasteiger partial charge in [0.1, 0.15) is 11.6 Å². The first-order valence-corrected chi connectivity index (χ1v) is 12.1. The van der Waals surface area contributed by atoms with E-state index < -0.39 is 0 Å². The van der Waals surface area contributed by atoms with Crippen molar-refractivity contribution in [1.29, 1.82) is 0 Å². The third-order valence-corrected chi connectivity index (χ3v) is 6.94. The number of nitrogens with zero attached hydrogens (tertiary/aromatic N) is 3. The predicted molar refractivity (Wildman–Crippen MR) is 130 cm³/mol. The molecule has 3 N–H and O–H groups in total. The number of ether oxygens (including phenoxy) is 1. The van der Waals surface area contributed by atoms with E-state index >= 15 is 0 Å². The standard InChI is InChI=1S/C24H35ClN6O/c1-16(14-32-3)29-18-4-6-19(7-5-18)30-22-11-20(21(25)13-26-22)17-10-23(31-28-12-17)27-15-24(2)8-9-24/h10-13,16,18-19,29H,4-9,14-15H2,1-3H3,(H,26,30)(H,27,31). The molecule has 0 radical (unpaired) electrons. The van der Waals surface area contributed by atoms with Gasteiger partial charge in [-0.05, 0) is 63.0 Å². The van der Waals surface area contributed by atoms with E-state index in [1.54, 1.807) is 19.5 Å². The summed E-state index contributed by atoms with van der Waals surface area (Å²) < 4.78 is 5.23. The Morgan fingerprint density at radius 1 is 1.12 bits per heavy atom. The quantitative estimate of drug-likeness (QED) is 0.473. The van der Waals surface area contributed by atoms with E-state index in [9.17, 15) is 0 Å². The number of anilines is 2. The fourth-order valence-corrected chi connectivity index (χ4v) is 4.56. The second-order valence-corrected chi connectivity index (χ2v) is 10.2. The highest BCUT2D eigenvalue weighted by atomic mass is 35.5. The predicted octanol–water partition coefficient (Wildman–Crippen LogP) is 4.75. The molecule has 1 atom stereocenters. The third-order valence-electron chi connectivity index (χ3n) is 6.64. The van der Waals surface area contributed by atoms with Crippen molar-refractivity contribution in [1.82, 2.24) is 20.5 Å². The van der Waals surface area contributed by atoms with E-state index in [4.69, 9.17) is 16.3 Å². The van der Waals surface area contributed by atoms with Crippen molar-refractivity contribution >= 4 is 23.2 Å². The highest BCUT2D eigenvalue weighted by Gasteiger charge is 2.36. The van der Waals surface area contributed by atoms with Crippen LogP contribution in [0.5, 0.6) is 0 Å². The zero-order valence-corrected chi connectivity index (χ0v) is 20.1. The number of halogens is 1. The van der Waals surface area contributed by atoms with Crippen molar-refractivity contribution in [2.45, 2.75) is 70.5 Å². The van der Waals surface area contributed by atoms with Crippen LogP contribution in [-0.2, 0) is 4.74 Å². The van der Waals surface area contributed by atoms with Crippen LogP contribution in [0.15, 0.2) is 24.5 Å². The second-order valence-electron chi connectivity index (χ2n) is 9.76. The van der Waals surface area contributed by atoms with Crippen LogP contribution in [-0.4, -0.2) is 53.6 Å². The molecule has 8 heteroatoms. The van der Waals surface area contributed by atoms with Gasteiger partial charge in [0.2, 0.25) is 0 Å². The van der Waals surface area contributed by atoms with Crippen LogP contribution in [0.25, 0.3) is 11.1 Å². The summed E-state index contributed by atoms with van der Waals surface area (Å²) in [6, 6.07) is 5.39. The van der Waals surface area contributed by atoms with Gasteiger partial charge in [-0.3, -0.25) is 0 Å². The van der Waals surface area contributed by atoms with Crippen molar-refractivity contribution < 1.29 is 4.74 Å². The summed E-state index contributed by atoms with van der Waals surface area (Å²) in [5, 5.41) is 19.7. The average molecular weight is 459 g/mol. The van der Waals surface area contributed by atoms with E-state index in [1.165, 1.54) is 12.8 Å². The Hall–Kier alpha value is -1.96. The fraction of sp³-hybridized carbons (Fsp3) is 0.625. The van der Waals surface area contributed by atoms with Gasteiger partial charge >= 0.3 is 0 Å². The maximum Gasteiger partial charge on any atom is 0.149 e. The molecule has 2 aromatic heterocycles. The van der Waals surface area contributed by atoms with Crippen LogP contribution < -0.4 is 16.0 Å². The van der Waals surface area contributed by atoms with Gasteiger partial charge < -0.3 is 20.7 Å². The Labute approximate surface area is 196 Å². The molecular weight excluding hydrogens is 424 g/mol. The highest BCUT2D eigenvalue weighted by Crippen LogP contribution is 2.44. The molecule has 0 saturated heterocycles. The molecular formula is C24H35ClN6O. The minimum absolute atomic E-state index is 0.385. The topological polar surface area (TPSA) is 84.0 Å². The first kappa shape index (κ1) is 23.2. The minimum Gasteiger partial charge on any atom is -0.383 e. The van der Waals surface area contributed by atoms with Gasteiger partial charge in [-0.25, -0.2) is 4.98 Å². The second kappa shape index (κ2) is 10.3. The van der Waals surface area contributed by atoms with Gasteiger partial charge in [0, 0.05) is 49.1 Å². The highest BCUT2D eigenvalue weighted by molar-refractivity contribution is 6.33. The Balaban J connectivity index is 1.36. The lowest BCUT2D eigenvalue weighted by Crippen LogP contribution is -2.42. The summed E-state index contributed by atoms with van der Waals surface area (Å²) in [6.45, 7) is 6.13. The maximum absolute atomic E-state index is 6.50. The summed E-state index contributed by atoms with van der Waals surface area (Å²) in [4.78, 5) is 4.52. The molecule has 2 aliphatic carbocycles. The Morgan fingerprint density at radius 3 is 2.59 bits per heavy atom. The van der Waals surface area contributed by atoms with Gasteiger partial charge in [-0.15, -0.1) is 5.10 Å². The summed E-state index contributed by atoms with van der Waals surface area (Å²) in [6.07, 6.45) is 10.5. The Morgan fingerprint density at radius 2 is 1.88 bits per heavy atom. The van der Waals surface area contributed by atoms with Gasteiger partial charge in [-0.1, -0.05) is 18.5 Å². The summed E-state index contributed by atoms with van der Waals surface area (Å²) in [7, 11) is 1.75. The van der Waals surface area contributed by atoms with Crippen LogP contribution in [0.4, 0.5) is 11.6 Å². The lowest BCUT2D eigenvalue weighted by molar-refractivity contribution is 0.161. The number of methoxy groups -OCH3 is 1. The molecule has 2 aromatic rings. The van der Waals surface area contributed by atoms with E-state index in [0.717, 1.165) is 61.6 Å². The number of pyridine rings is 1. The normalized spacial score (nSPS) is 22.9. The van der Waals surface area contributed by atoms with Gasteiger partial charge in [0.25, 0.3) is 0 Å². The van der Waals surface area contributed by atoms with Gasteiger partial charge in [-0.2, -0.15) is 5.10 Å². The van der Waals surface area contributed by atoms with Gasteiger partial charge in [0.15, 0.2) is 0 Å². The number of hydrogen-bond donors (Lipinski definition) is 3. The Bertz CT molecular complexity index is 898. The SMILES string of the molecule is COCC(C)NC1CCC(Nc2cc(-c3cnnc(NCC4(C)CC4)c3)c(Cl)cn2)CC1. The van der Waals surface area contributed by atoms with Crippen molar-refractivity contribution in [3.8, 4) is 11.1 Å². The number of rotatable bonds is 10. The van der Waals surface area contributed by atoms with Crippen LogP contribution in [0, 0.1) is 5.41 Å². The number of nitrogens with one attached hydrogen (secondary N) is 3. The monoisotopic (exact) mass is 458 g/mol. The molecule has 0 spiro atoms. The van der Waals surface area contributed by atoms with Crippen LogP contribution in [0.3, 0.4) is 0 Å². The lowest BCUT2D eigenvalue weighted by atomic mass is 9.90. The molecule has 0 aromatic carbocycles. The molecule has 2 aliphatic rings. The van der Waals surface area contributed by atoms with Crippen molar-refractivity contribution in [2.75, 3.05) is 30.9 Å². The summed E-state index contributed by atoms with van der Waals surface area (Å²) >= 11 is 6.50. The van der Waals surface area contributed by atoms with Crippen LogP contribution in [0.1, 0.15) is 52.4 Å². The molecule has 7 nitrogen and oxygen atoms in total. The first-order chi connectivity index (χ1) is 15.4. The first-order valence-electron chi connectivity index (χ1n) is 11.7. The van der Waals surface area contributed by atoms with Crippen molar-refractivity contribution in [3.05, 3.63) is 29.5 Å². The van der Waals surface area contributed by atoms with E-state index in [1.807, 2.05) is 12.1 Å². The van der Waals surface area contributed by atoms with Crippen molar-refractivity contribution in [3.63, 3.8) is 0 Å². The zero-order chi connectivity index (χ0) is 22.6. The minimum atomic E-state index is 0.385. The molecule has 0 bridgehead atoms. The Kier molecular flexibility index (Phi) is 7.48. The molecule has 2 fully saturated rings. The average Bonchev–Trinajstić information content (AvgIpc) is 3.53. The summed E-state index contributed by atoms with van der Waals surface area (Å²) in [5.41, 5.74) is 2.27. The fourth-order valence-electron chi connectivity index (χ4n) is 4.35. The molecule has 0 aliphatic heterocycles. The molecule has 0 amide bonds. The third kappa shape index (κ3) is 6.30. The smallest absolute Gasteiger partial charge is 0.149 e.